The van der Waals surface area contributed by atoms with Crippen LogP contribution in [0.4, 0.5) is 10.3 Å². The first kappa shape index (κ1) is 26.5. The van der Waals surface area contributed by atoms with Gasteiger partial charge < -0.3 is 14.8 Å². The fourth-order valence-electron chi connectivity index (χ4n) is 4.28. The normalized spacial score (nSPS) is 14.5. The summed E-state index contributed by atoms with van der Waals surface area (Å²) in [5.41, 5.74) is 3.60. The summed E-state index contributed by atoms with van der Waals surface area (Å²) in [7, 11) is 0. The number of halogens is 1. The first-order chi connectivity index (χ1) is 19.0. The van der Waals surface area contributed by atoms with Crippen molar-refractivity contribution < 1.29 is 18.7 Å². The third kappa shape index (κ3) is 6.15. The van der Waals surface area contributed by atoms with Crippen molar-refractivity contribution in [2.75, 3.05) is 11.9 Å². The number of esters is 1. The van der Waals surface area contributed by atoms with E-state index in [0.717, 1.165) is 17.5 Å². The number of thioether (sulfide) groups is 1. The smallest absolute Gasteiger partial charge is 0.338 e. The lowest BCUT2D eigenvalue weighted by Gasteiger charge is -2.28. The summed E-state index contributed by atoms with van der Waals surface area (Å²) < 4.78 is 27.3. The number of anilines is 1. The van der Waals surface area contributed by atoms with E-state index in [1.165, 1.54) is 17.8 Å². The van der Waals surface area contributed by atoms with Gasteiger partial charge in [0.2, 0.25) is 11.1 Å². The van der Waals surface area contributed by atoms with Gasteiger partial charge in [0.25, 0.3) is 0 Å². The van der Waals surface area contributed by atoms with E-state index in [-0.39, 0.29) is 5.82 Å². The minimum atomic E-state index is -0.552. The van der Waals surface area contributed by atoms with Crippen LogP contribution in [0.2, 0.25) is 0 Å². The number of ether oxygens (including phenoxy) is 2. The average molecular weight is 545 g/mol. The quantitative estimate of drug-likeness (QED) is 0.180. The van der Waals surface area contributed by atoms with Crippen molar-refractivity contribution in [3.63, 3.8) is 0 Å². The molecular weight excluding hydrogens is 515 g/mol. The maximum absolute atomic E-state index is 14.1. The number of benzene rings is 3. The lowest BCUT2D eigenvalue weighted by atomic mass is 9.96. The Morgan fingerprint density at radius 3 is 2.54 bits per heavy atom. The Morgan fingerprint density at radius 1 is 1.05 bits per heavy atom. The van der Waals surface area contributed by atoms with Crippen molar-refractivity contribution in [2.24, 2.45) is 0 Å². The van der Waals surface area contributed by atoms with Crippen molar-refractivity contribution >= 4 is 23.7 Å². The molecule has 1 unspecified atom stereocenters. The van der Waals surface area contributed by atoms with Crippen LogP contribution in [0.15, 0.2) is 95.3 Å². The molecule has 200 valence electrons. The Balaban J connectivity index is 1.42. The second-order valence-corrected chi connectivity index (χ2v) is 10.0. The van der Waals surface area contributed by atoms with Gasteiger partial charge in [-0.25, -0.2) is 13.9 Å². The third-order valence-corrected chi connectivity index (χ3v) is 7.14. The van der Waals surface area contributed by atoms with Gasteiger partial charge in [0.1, 0.15) is 24.2 Å². The zero-order valence-electron chi connectivity index (χ0n) is 21.8. The number of carbonyl (C=O) groups is 1. The summed E-state index contributed by atoms with van der Waals surface area (Å²) in [5, 5.41) is 8.39. The summed E-state index contributed by atoms with van der Waals surface area (Å²) in [5.74, 6) is 0.930. The highest BCUT2D eigenvalue weighted by molar-refractivity contribution is 7.98. The van der Waals surface area contributed by atoms with E-state index in [4.69, 9.17) is 14.6 Å². The van der Waals surface area contributed by atoms with Crippen LogP contribution in [0.5, 0.6) is 5.75 Å². The number of hydrogen-bond donors (Lipinski definition) is 1. The van der Waals surface area contributed by atoms with E-state index in [9.17, 15) is 9.18 Å². The van der Waals surface area contributed by atoms with Crippen molar-refractivity contribution in [2.45, 2.75) is 43.8 Å². The molecule has 4 aromatic rings. The topological polar surface area (TPSA) is 78.3 Å². The van der Waals surface area contributed by atoms with E-state index >= 15 is 0 Å². The minimum Gasteiger partial charge on any atom is -0.489 e. The van der Waals surface area contributed by atoms with Crippen LogP contribution in [0, 0.1) is 5.82 Å². The molecule has 0 amide bonds. The molecule has 3 aromatic carbocycles. The average Bonchev–Trinajstić information content (AvgIpc) is 3.37. The zero-order chi connectivity index (χ0) is 27.2. The number of rotatable bonds is 10. The summed E-state index contributed by atoms with van der Waals surface area (Å²) >= 11 is 1.33. The van der Waals surface area contributed by atoms with Gasteiger partial charge in [-0.2, -0.15) is 4.98 Å². The SMILES string of the molecule is CCCOC(=O)C1=C(C)Nc2nc(SCc3ccccc3F)nn2C1c1ccc(OCc2ccccc2)cc1. The van der Waals surface area contributed by atoms with Gasteiger partial charge in [0.05, 0.1) is 12.2 Å². The molecule has 0 spiro atoms. The van der Waals surface area contributed by atoms with Gasteiger partial charge in [-0.15, -0.1) is 5.10 Å². The number of aromatic nitrogens is 3. The molecule has 1 aliphatic heterocycles. The molecule has 2 heterocycles. The second kappa shape index (κ2) is 12.2. The molecule has 39 heavy (non-hydrogen) atoms. The van der Waals surface area contributed by atoms with E-state index in [2.05, 4.69) is 10.3 Å². The number of hydrogen-bond acceptors (Lipinski definition) is 7. The Kier molecular flexibility index (Phi) is 8.27. The summed E-state index contributed by atoms with van der Waals surface area (Å²) in [6.07, 6.45) is 0.717. The van der Waals surface area contributed by atoms with Crippen LogP contribution < -0.4 is 10.1 Å². The number of nitrogens with zero attached hydrogens (tertiary/aromatic N) is 3. The standard InChI is InChI=1S/C30H29FN4O3S/c1-3-17-37-28(36)26-20(2)32-29-33-30(39-19-23-11-7-8-12-25(23)31)34-35(29)27(26)22-13-15-24(16-14-22)38-18-21-9-5-4-6-10-21/h4-16,27H,3,17-19H2,1-2H3,(H,32,33,34). The maximum atomic E-state index is 14.1. The lowest BCUT2D eigenvalue weighted by Crippen LogP contribution is -2.29. The highest BCUT2D eigenvalue weighted by Gasteiger charge is 2.35. The third-order valence-electron chi connectivity index (χ3n) is 6.25. The molecule has 0 saturated carbocycles. The van der Waals surface area contributed by atoms with Crippen LogP contribution in [0.1, 0.15) is 43.0 Å². The van der Waals surface area contributed by atoms with Gasteiger partial charge in [0, 0.05) is 11.4 Å². The highest BCUT2D eigenvalue weighted by Crippen LogP contribution is 2.37. The fourth-order valence-corrected chi connectivity index (χ4v) is 5.10. The maximum Gasteiger partial charge on any atom is 0.338 e. The molecule has 0 aliphatic carbocycles. The van der Waals surface area contributed by atoms with Crippen molar-refractivity contribution in [3.8, 4) is 5.75 Å². The number of allylic oxidation sites excluding steroid dienone is 1. The summed E-state index contributed by atoms with van der Waals surface area (Å²) in [6.45, 7) is 4.56. The van der Waals surface area contributed by atoms with Gasteiger partial charge >= 0.3 is 5.97 Å². The summed E-state index contributed by atoms with van der Waals surface area (Å²) in [4.78, 5) is 17.8. The van der Waals surface area contributed by atoms with Gasteiger partial charge in [0.15, 0.2) is 0 Å². The molecule has 9 heteroatoms. The number of nitrogens with one attached hydrogen (secondary N) is 1. The summed E-state index contributed by atoms with van der Waals surface area (Å²) in [6, 6.07) is 23.7. The Bertz CT molecular complexity index is 1470. The highest BCUT2D eigenvalue weighted by atomic mass is 32.2. The second-order valence-electron chi connectivity index (χ2n) is 9.09. The molecule has 1 N–H and O–H groups in total. The molecule has 7 nitrogen and oxygen atoms in total. The molecule has 0 fully saturated rings. The molecule has 0 radical (unpaired) electrons. The lowest BCUT2D eigenvalue weighted by molar-refractivity contribution is -0.139. The predicted octanol–water partition coefficient (Wildman–Crippen LogP) is 6.53. The van der Waals surface area contributed by atoms with Crippen LogP contribution in [-0.2, 0) is 21.9 Å². The van der Waals surface area contributed by atoms with E-state index < -0.39 is 12.0 Å². The minimum absolute atomic E-state index is 0.266. The fraction of sp³-hybridized carbons (Fsp3) is 0.233. The van der Waals surface area contributed by atoms with Gasteiger partial charge in [-0.3, -0.25) is 0 Å². The van der Waals surface area contributed by atoms with E-state index in [0.29, 0.717) is 52.7 Å². The van der Waals surface area contributed by atoms with Gasteiger partial charge in [-0.05, 0) is 48.2 Å². The van der Waals surface area contributed by atoms with Crippen LogP contribution in [0.3, 0.4) is 0 Å². The molecule has 5 rings (SSSR count). The van der Waals surface area contributed by atoms with Gasteiger partial charge in [-0.1, -0.05) is 79.3 Å². The van der Waals surface area contributed by atoms with Crippen molar-refractivity contribution in [3.05, 3.63) is 113 Å². The Hall–Kier alpha value is -4.11. The Labute approximate surface area is 231 Å². The van der Waals surface area contributed by atoms with Crippen LogP contribution >= 0.6 is 11.8 Å². The van der Waals surface area contributed by atoms with Crippen molar-refractivity contribution in [1.82, 2.24) is 14.8 Å². The van der Waals surface area contributed by atoms with E-state index in [1.54, 1.807) is 22.9 Å². The number of fused-ring (bicyclic) bond motifs is 1. The molecular formula is C30H29FN4O3S. The Morgan fingerprint density at radius 2 is 1.79 bits per heavy atom. The largest absolute Gasteiger partial charge is 0.489 e. The predicted molar refractivity (Wildman–Crippen MR) is 149 cm³/mol. The molecule has 1 atom stereocenters. The monoisotopic (exact) mass is 544 g/mol. The first-order valence-corrected chi connectivity index (χ1v) is 13.8. The van der Waals surface area contributed by atoms with Crippen molar-refractivity contribution in [1.29, 1.82) is 0 Å². The zero-order valence-corrected chi connectivity index (χ0v) is 22.6. The molecule has 1 aliphatic rings. The van der Waals surface area contributed by atoms with E-state index in [1.807, 2.05) is 68.4 Å². The van der Waals surface area contributed by atoms with Crippen LogP contribution in [0.25, 0.3) is 0 Å². The first-order valence-electron chi connectivity index (χ1n) is 12.8. The molecule has 0 saturated heterocycles. The molecule has 0 bridgehead atoms. The molecule has 1 aromatic heterocycles. The van der Waals surface area contributed by atoms with Crippen LogP contribution in [-0.4, -0.2) is 27.3 Å². The number of carbonyl (C=O) groups excluding carboxylic acids is 1.